The van der Waals surface area contributed by atoms with E-state index in [0.717, 1.165) is 6.07 Å². The summed E-state index contributed by atoms with van der Waals surface area (Å²) in [6, 6.07) is 6.51. The van der Waals surface area contributed by atoms with Gasteiger partial charge in [0.25, 0.3) is 16.9 Å². The van der Waals surface area contributed by atoms with Gasteiger partial charge in [-0.3, -0.25) is 25.0 Å². The zero-order chi connectivity index (χ0) is 15.6. The maximum atomic E-state index is 11.9. The fourth-order valence-electron chi connectivity index (χ4n) is 1.79. The monoisotopic (exact) mass is 353 g/mol. The summed E-state index contributed by atoms with van der Waals surface area (Å²) in [6.45, 7) is -0.0490. The van der Waals surface area contributed by atoms with Crippen LogP contribution in [0.1, 0.15) is 5.56 Å². The molecule has 0 bridgehead atoms. The maximum Gasteiger partial charge on any atom is 0.281 e. The van der Waals surface area contributed by atoms with E-state index in [2.05, 4.69) is 15.9 Å². The molecule has 0 fully saturated rings. The van der Waals surface area contributed by atoms with Crippen molar-refractivity contribution in [2.45, 2.75) is 6.54 Å². The van der Waals surface area contributed by atoms with Crippen molar-refractivity contribution >= 4 is 27.3 Å². The highest BCUT2D eigenvalue weighted by atomic mass is 79.9. The van der Waals surface area contributed by atoms with Crippen LogP contribution in [0.4, 0.5) is 11.4 Å². The Morgan fingerprint density at radius 3 is 2.48 bits per heavy atom. The van der Waals surface area contributed by atoms with Gasteiger partial charge in [0, 0.05) is 12.3 Å². The Hall–Kier alpha value is -2.55. The number of aromatic nitrogens is 1. The van der Waals surface area contributed by atoms with Gasteiger partial charge in [-0.1, -0.05) is 0 Å². The number of rotatable bonds is 4. The number of nitro benzene ring substituents is 2. The first-order valence-electron chi connectivity index (χ1n) is 5.67. The molecule has 0 aliphatic rings. The molecule has 0 aliphatic heterocycles. The van der Waals surface area contributed by atoms with Crippen LogP contribution in [0, 0.1) is 20.2 Å². The van der Waals surface area contributed by atoms with Gasteiger partial charge in [-0.05, 0) is 34.1 Å². The second-order valence-electron chi connectivity index (χ2n) is 4.12. The number of non-ortho nitro benzene ring substituents is 1. The standard InChI is InChI=1S/C12H8BrN3O5/c13-10-2-1-5-14(12(10)17)7-8-3-4-9(15(18)19)6-11(8)16(20)21/h1-6H,7H2. The lowest BCUT2D eigenvalue weighted by atomic mass is 10.1. The summed E-state index contributed by atoms with van der Waals surface area (Å²) in [5.74, 6) is 0. The van der Waals surface area contributed by atoms with Crippen LogP contribution in [0.3, 0.4) is 0 Å². The molecule has 108 valence electrons. The molecule has 2 rings (SSSR count). The van der Waals surface area contributed by atoms with Crippen molar-refractivity contribution in [2.75, 3.05) is 0 Å². The highest BCUT2D eigenvalue weighted by Gasteiger charge is 2.19. The maximum absolute atomic E-state index is 11.9. The minimum atomic E-state index is -0.706. The zero-order valence-corrected chi connectivity index (χ0v) is 12.0. The molecule has 1 heterocycles. The zero-order valence-electron chi connectivity index (χ0n) is 10.4. The largest absolute Gasteiger partial charge is 0.310 e. The SMILES string of the molecule is O=c1c(Br)cccn1Cc1ccc([N+](=O)[O-])cc1[N+](=O)[O-]. The molecule has 0 saturated heterocycles. The Labute approximate surface area is 126 Å². The quantitative estimate of drug-likeness (QED) is 0.619. The predicted octanol–water partition coefficient (Wildman–Crippen LogP) is 2.48. The summed E-state index contributed by atoms with van der Waals surface area (Å²) in [7, 11) is 0. The fourth-order valence-corrected chi connectivity index (χ4v) is 2.17. The lowest BCUT2D eigenvalue weighted by Crippen LogP contribution is -2.20. The molecule has 2 aromatic rings. The second kappa shape index (κ2) is 5.83. The number of hydrogen-bond donors (Lipinski definition) is 0. The molecule has 0 radical (unpaired) electrons. The summed E-state index contributed by atoms with van der Waals surface area (Å²) in [5.41, 5.74) is -0.890. The van der Waals surface area contributed by atoms with E-state index in [4.69, 9.17) is 0 Å². The Bertz CT molecular complexity index is 787. The fraction of sp³-hybridized carbons (Fsp3) is 0.0833. The van der Waals surface area contributed by atoms with Crippen LogP contribution in [0.15, 0.2) is 45.8 Å². The third kappa shape index (κ3) is 3.14. The first-order chi connectivity index (χ1) is 9.90. The normalized spacial score (nSPS) is 10.3. The van der Waals surface area contributed by atoms with Crippen molar-refractivity contribution in [3.05, 3.63) is 77.1 Å². The van der Waals surface area contributed by atoms with Crippen LogP contribution in [0.5, 0.6) is 0 Å². The van der Waals surface area contributed by atoms with Gasteiger partial charge in [-0.25, -0.2) is 0 Å². The molecule has 0 saturated carbocycles. The van der Waals surface area contributed by atoms with Gasteiger partial charge in [-0.15, -0.1) is 0 Å². The first-order valence-corrected chi connectivity index (χ1v) is 6.46. The van der Waals surface area contributed by atoms with Crippen LogP contribution in [0.2, 0.25) is 0 Å². The van der Waals surface area contributed by atoms with Crippen molar-refractivity contribution in [2.24, 2.45) is 0 Å². The number of benzene rings is 1. The van der Waals surface area contributed by atoms with Gasteiger partial charge in [0.15, 0.2) is 0 Å². The third-order valence-electron chi connectivity index (χ3n) is 2.79. The molecule has 0 spiro atoms. The molecule has 1 aromatic heterocycles. The van der Waals surface area contributed by atoms with Crippen molar-refractivity contribution in [1.29, 1.82) is 0 Å². The average molecular weight is 354 g/mol. The molecule has 0 N–H and O–H groups in total. The minimum absolute atomic E-state index is 0.0490. The number of hydrogen-bond acceptors (Lipinski definition) is 5. The van der Waals surface area contributed by atoms with Crippen molar-refractivity contribution in [3.8, 4) is 0 Å². The van der Waals surface area contributed by atoms with Crippen molar-refractivity contribution in [1.82, 2.24) is 4.57 Å². The van der Waals surface area contributed by atoms with E-state index >= 15 is 0 Å². The van der Waals surface area contributed by atoms with E-state index in [1.165, 1.54) is 22.9 Å². The van der Waals surface area contributed by atoms with Crippen LogP contribution >= 0.6 is 15.9 Å². The number of pyridine rings is 1. The summed E-state index contributed by atoms with van der Waals surface area (Å²) >= 11 is 3.08. The third-order valence-corrected chi connectivity index (χ3v) is 3.39. The average Bonchev–Trinajstić information content (AvgIpc) is 2.43. The molecule has 1 aromatic carbocycles. The second-order valence-corrected chi connectivity index (χ2v) is 4.97. The van der Waals surface area contributed by atoms with E-state index in [0.29, 0.717) is 4.47 Å². The summed E-state index contributed by atoms with van der Waals surface area (Å²) in [5, 5.41) is 21.7. The molecular formula is C12H8BrN3O5. The van der Waals surface area contributed by atoms with Crippen LogP contribution < -0.4 is 5.56 Å². The van der Waals surface area contributed by atoms with Gasteiger partial charge in [0.2, 0.25) is 0 Å². The van der Waals surface area contributed by atoms with E-state index in [1.807, 2.05) is 0 Å². The topological polar surface area (TPSA) is 108 Å². The highest BCUT2D eigenvalue weighted by Crippen LogP contribution is 2.25. The molecule has 0 aliphatic carbocycles. The Morgan fingerprint density at radius 2 is 1.86 bits per heavy atom. The Balaban J connectivity index is 2.49. The first kappa shape index (κ1) is 14.9. The minimum Gasteiger partial charge on any atom is -0.310 e. The van der Waals surface area contributed by atoms with Crippen LogP contribution in [-0.2, 0) is 6.54 Å². The molecule has 0 unspecified atom stereocenters. The van der Waals surface area contributed by atoms with E-state index in [-0.39, 0.29) is 23.4 Å². The lowest BCUT2D eigenvalue weighted by Gasteiger charge is -2.06. The predicted molar refractivity (Wildman–Crippen MR) is 77.3 cm³/mol. The summed E-state index contributed by atoms with van der Waals surface area (Å²) < 4.78 is 1.60. The molecule has 9 heteroatoms. The smallest absolute Gasteiger partial charge is 0.281 e. The summed E-state index contributed by atoms with van der Waals surface area (Å²) in [4.78, 5) is 32.1. The van der Waals surface area contributed by atoms with Gasteiger partial charge in [0.05, 0.1) is 32.5 Å². The van der Waals surface area contributed by atoms with Crippen LogP contribution in [0.25, 0.3) is 0 Å². The molecule has 8 nitrogen and oxygen atoms in total. The highest BCUT2D eigenvalue weighted by molar-refractivity contribution is 9.10. The Morgan fingerprint density at radius 1 is 1.14 bits per heavy atom. The van der Waals surface area contributed by atoms with E-state index in [1.54, 1.807) is 12.1 Å². The van der Waals surface area contributed by atoms with E-state index in [9.17, 15) is 25.0 Å². The molecular weight excluding hydrogens is 346 g/mol. The van der Waals surface area contributed by atoms with Crippen molar-refractivity contribution in [3.63, 3.8) is 0 Å². The number of nitrogens with zero attached hydrogens (tertiary/aromatic N) is 3. The molecule has 0 atom stereocenters. The van der Waals surface area contributed by atoms with E-state index < -0.39 is 15.5 Å². The lowest BCUT2D eigenvalue weighted by molar-refractivity contribution is -0.394. The molecule has 21 heavy (non-hydrogen) atoms. The summed E-state index contributed by atoms with van der Waals surface area (Å²) in [6.07, 6.45) is 1.48. The Kier molecular flexibility index (Phi) is 4.13. The number of halogens is 1. The molecule has 0 amide bonds. The van der Waals surface area contributed by atoms with Crippen molar-refractivity contribution < 1.29 is 9.85 Å². The van der Waals surface area contributed by atoms with Gasteiger partial charge in [-0.2, -0.15) is 0 Å². The van der Waals surface area contributed by atoms with Gasteiger partial charge >= 0.3 is 0 Å². The van der Waals surface area contributed by atoms with Gasteiger partial charge in [0.1, 0.15) is 0 Å². The van der Waals surface area contributed by atoms with Gasteiger partial charge < -0.3 is 4.57 Å². The number of nitro groups is 2. The van der Waals surface area contributed by atoms with Crippen LogP contribution in [-0.4, -0.2) is 14.4 Å².